The molecule has 0 unspecified atom stereocenters. The van der Waals surface area contributed by atoms with Gasteiger partial charge in [-0.05, 0) is 42.3 Å². The number of fused-ring (bicyclic) bond motifs is 6. The van der Waals surface area contributed by atoms with Gasteiger partial charge in [0.05, 0.1) is 17.2 Å². The van der Waals surface area contributed by atoms with Crippen LogP contribution in [0.4, 0.5) is 11.4 Å². The van der Waals surface area contributed by atoms with Crippen molar-refractivity contribution in [3.63, 3.8) is 0 Å². The van der Waals surface area contributed by atoms with Gasteiger partial charge in [0.1, 0.15) is 11.2 Å². The highest BCUT2D eigenvalue weighted by Crippen LogP contribution is 2.48. The Bertz CT molecular complexity index is 2650. The molecule has 0 atom stereocenters. The Labute approximate surface area is 289 Å². The highest BCUT2D eigenvalue weighted by atomic mass is 16.3. The molecule has 2 aromatic heterocycles. The van der Waals surface area contributed by atoms with Crippen LogP contribution < -0.4 is 4.58 Å². The number of nitrogens with zero attached hydrogens (tertiary/aromatic N) is 4. The summed E-state index contributed by atoms with van der Waals surface area (Å²) in [7, 11) is 0. The molecule has 0 saturated carbocycles. The fourth-order valence-corrected chi connectivity index (χ4v) is 6.76. The number of rotatable bonds is 6. The summed E-state index contributed by atoms with van der Waals surface area (Å²) in [6.45, 7) is 2.01. The molecule has 0 fully saturated rings. The van der Waals surface area contributed by atoms with Crippen molar-refractivity contribution in [2.75, 3.05) is 0 Å². The monoisotopic (exact) mass is 643 g/mol. The zero-order valence-electron chi connectivity index (χ0n) is 27.4. The number of allylic oxidation sites excluding steroid dienone is 4. The molecule has 0 radical (unpaired) electrons. The van der Waals surface area contributed by atoms with Crippen LogP contribution in [0, 0.1) is 0 Å². The minimum absolute atomic E-state index is 0.562. The third kappa shape index (κ3) is 5.13. The van der Waals surface area contributed by atoms with Crippen molar-refractivity contribution in [3.8, 4) is 45.0 Å². The fraction of sp³-hybridized carbons (Fsp3) is 0.0222. The van der Waals surface area contributed by atoms with Crippen LogP contribution in [-0.4, -0.2) is 20.7 Å². The highest BCUT2D eigenvalue weighted by Gasteiger charge is 2.36. The van der Waals surface area contributed by atoms with Crippen molar-refractivity contribution in [1.29, 1.82) is 0 Å². The van der Waals surface area contributed by atoms with Crippen LogP contribution in [0.2, 0.25) is 0 Å². The Balaban J connectivity index is 1.33. The maximum Gasteiger partial charge on any atom is 0.256 e. The first kappa shape index (κ1) is 29.4. The SMILES string of the molecule is C\C=C/C=C\C(c1nc(-c2ccccc2)nc(-c2cccc(-c3ccccc3)c2)n1)=[N+]1\c2ccccc2-c2cc3c(cc21)oc1ccccc13. The summed E-state index contributed by atoms with van der Waals surface area (Å²) in [5.41, 5.74) is 10.9. The van der Waals surface area contributed by atoms with Crippen LogP contribution >= 0.6 is 0 Å². The van der Waals surface area contributed by atoms with E-state index in [1.807, 2.05) is 73.7 Å². The van der Waals surface area contributed by atoms with Crippen LogP contribution in [0.3, 0.4) is 0 Å². The van der Waals surface area contributed by atoms with Gasteiger partial charge in [-0.25, -0.2) is 15.0 Å². The lowest BCUT2D eigenvalue weighted by Gasteiger charge is -2.10. The molecule has 3 heterocycles. The lowest BCUT2D eigenvalue weighted by atomic mass is 10.0. The molecule has 236 valence electrons. The molecule has 0 aliphatic carbocycles. The number of furan rings is 1. The molecule has 0 spiro atoms. The summed E-state index contributed by atoms with van der Waals surface area (Å²) in [4.78, 5) is 15.5. The molecule has 50 heavy (non-hydrogen) atoms. The Hall–Kier alpha value is -6.72. The Morgan fingerprint density at radius 1 is 0.520 bits per heavy atom. The van der Waals surface area contributed by atoms with Crippen molar-refractivity contribution >= 4 is 39.0 Å². The van der Waals surface area contributed by atoms with E-state index in [9.17, 15) is 0 Å². The average Bonchev–Trinajstić information content (AvgIpc) is 3.71. The fourth-order valence-electron chi connectivity index (χ4n) is 6.76. The summed E-state index contributed by atoms with van der Waals surface area (Å²) in [5.74, 6) is 1.77. The summed E-state index contributed by atoms with van der Waals surface area (Å²) in [6.07, 6.45) is 8.16. The predicted octanol–water partition coefficient (Wildman–Crippen LogP) is 11.2. The lowest BCUT2D eigenvalue weighted by molar-refractivity contribution is 0.669. The van der Waals surface area contributed by atoms with Gasteiger partial charge in [0.2, 0.25) is 17.2 Å². The average molecular weight is 644 g/mol. The second kappa shape index (κ2) is 12.4. The maximum absolute atomic E-state index is 6.40. The van der Waals surface area contributed by atoms with E-state index in [-0.39, 0.29) is 0 Å². The van der Waals surface area contributed by atoms with Gasteiger partial charge >= 0.3 is 0 Å². The lowest BCUT2D eigenvalue weighted by Crippen LogP contribution is -2.19. The number of para-hydroxylation sites is 2. The second-order valence-corrected chi connectivity index (χ2v) is 12.2. The molecule has 0 saturated heterocycles. The molecule has 0 amide bonds. The summed E-state index contributed by atoms with van der Waals surface area (Å²) < 4.78 is 8.66. The van der Waals surface area contributed by atoms with Gasteiger partial charge in [-0.1, -0.05) is 127 Å². The van der Waals surface area contributed by atoms with Crippen LogP contribution in [0.15, 0.2) is 174 Å². The summed E-state index contributed by atoms with van der Waals surface area (Å²) in [5, 5.41) is 2.19. The topological polar surface area (TPSA) is 54.8 Å². The normalized spacial score (nSPS) is 13.4. The molecule has 1 aliphatic rings. The van der Waals surface area contributed by atoms with Gasteiger partial charge in [0.15, 0.2) is 11.6 Å². The van der Waals surface area contributed by atoms with Gasteiger partial charge in [0, 0.05) is 34.0 Å². The summed E-state index contributed by atoms with van der Waals surface area (Å²) in [6, 6.07) is 50.0. The Morgan fingerprint density at radius 2 is 1.20 bits per heavy atom. The molecule has 0 N–H and O–H groups in total. The van der Waals surface area contributed by atoms with Crippen LogP contribution in [-0.2, 0) is 0 Å². The van der Waals surface area contributed by atoms with Crippen LogP contribution in [0.5, 0.6) is 0 Å². The quantitative estimate of drug-likeness (QED) is 0.134. The molecular formula is C45H31N4O+. The minimum Gasteiger partial charge on any atom is -0.456 e. The molecule has 1 aliphatic heterocycles. The highest BCUT2D eigenvalue weighted by molar-refractivity contribution is 6.16. The van der Waals surface area contributed by atoms with Crippen molar-refractivity contribution in [2.24, 2.45) is 0 Å². The van der Waals surface area contributed by atoms with E-state index in [1.54, 1.807) is 0 Å². The van der Waals surface area contributed by atoms with E-state index in [2.05, 4.69) is 108 Å². The molecule has 9 rings (SSSR count). The van der Waals surface area contributed by atoms with Gasteiger partial charge in [0.25, 0.3) is 5.71 Å². The standard InChI is InChI=1S/C45H31N4O/c1-2-3-6-25-39(49-38-24-13-11-22-34(38)36-28-37-35-23-12-14-26-41(35)50-42(37)29-40(36)49)45-47-43(31-18-9-5-10-19-31)46-44(48-45)33-21-15-20-32(27-33)30-16-7-4-8-17-30/h2-29H,1H3/q+1/b3-2-,25-6-,49-39+. The second-order valence-electron chi connectivity index (χ2n) is 12.2. The first-order valence-electron chi connectivity index (χ1n) is 16.7. The third-order valence-corrected chi connectivity index (χ3v) is 9.09. The number of hydrogen-bond donors (Lipinski definition) is 0. The smallest absolute Gasteiger partial charge is 0.256 e. The van der Waals surface area contributed by atoms with Crippen molar-refractivity contribution in [3.05, 3.63) is 176 Å². The van der Waals surface area contributed by atoms with E-state index < -0.39 is 0 Å². The summed E-state index contributed by atoms with van der Waals surface area (Å²) >= 11 is 0. The first-order chi connectivity index (χ1) is 24.7. The van der Waals surface area contributed by atoms with Gasteiger partial charge in [-0.15, -0.1) is 4.58 Å². The van der Waals surface area contributed by atoms with Crippen molar-refractivity contribution in [2.45, 2.75) is 6.92 Å². The molecule has 0 bridgehead atoms. The zero-order valence-corrected chi connectivity index (χ0v) is 27.4. The minimum atomic E-state index is 0.562. The number of hydrogen-bond acceptors (Lipinski definition) is 4. The molecule has 6 aromatic carbocycles. The van der Waals surface area contributed by atoms with Gasteiger partial charge in [-0.3, -0.25) is 0 Å². The molecule has 8 aromatic rings. The van der Waals surface area contributed by atoms with Gasteiger partial charge < -0.3 is 4.42 Å². The van der Waals surface area contributed by atoms with E-state index >= 15 is 0 Å². The van der Waals surface area contributed by atoms with Crippen molar-refractivity contribution < 1.29 is 4.42 Å². The van der Waals surface area contributed by atoms with Gasteiger partial charge in [-0.2, -0.15) is 0 Å². The Kier molecular flexibility index (Phi) is 7.29. The van der Waals surface area contributed by atoms with Crippen molar-refractivity contribution in [1.82, 2.24) is 19.5 Å². The van der Waals surface area contributed by atoms with E-state index in [0.29, 0.717) is 17.5 Å². The largest absolute Gasteiger partial charge is 0.456 e. The first-order valence-corrected chi connectivity index (χ1v) is 16.7. The number of aromatic nitrogens is 3. The maximum atomic E-state index is 6.40. The predicted molar refractivity (Wildman–Crippen MR) is 205 cm³/mol. The van der Waals surface area contributed by atoms with E-state index in [0.717, 1.165) is 72.4 Å². The Morgan fingerprint density at radius 3 is 2.02 bits per heavy atom. The third-order valence-electron chi connectivity index (χ3n) is 9.09. The molecular weight excluding hydrogens is 613 g/mol. The van der Waals surface area contributed by atoms with E-state index in [4.69, 9.17) is 19.4 Å². The molecule has 5 nitrogen and oxygen atoms in total. The van der Waals surface area contributed by atoms with Crippen LogP contribution in [0.25, 0.3) is 67.0 Å². The zero-order chi connectivity index (χ0) is 33.4. The van der Waals surface area contributed by atoms with Crippen LogP contribution in [0.1, 0.15) is 12.7 Å². The number of benzene rings is 6. The van der Waals surface area contributed by atoms with E-state index in [1.165, 1.54) is 0 Å². The molecule has 5 heteroatoms.